The van der Waals surface area contributed by atoms with Crippen molar-refractivity contribution in [3.05, 3.63) is 77.1 Å². The Kier molecular flexibility index (Phi) is 5.38. The van der Waals surface area contributed by atoms with E-state index in [1.165, 1.54) is 18.2 Å². The molecule has 1 heterocycles. The number of hydrogen-bond donors (Lipinski definition) is 1. The number of carbonyl (C=O) groups excluding carboxylic acids is 2. The van der Waals surface area contributed by atoms with Gasteiger partial charge in [0.15, 0.2) is 0 Å². The van der Waals surface area contributed by atoms with Crippen LogP contribution in [0.5, 0.6) is 0 Å². The highest BCUT2D eigenvalue weighted by Crippen LogP contribution is 2.32. The maximum atomic E-state index is 13.8. The SMILES string of the molecule is C=CC(=O)N1CCCC1c1ccc(C(=O)Nc2ccc(Cl)cc2F)cc1. The fourth-order valence-electron chi connectivity index (χ4n) is 3.14. The number of amides is 2. The summed E-state index contributed by atoms with van der Waals surface area (Å²) in [4.78, 5) is 26.0. The molecule has 0 bridgehead atoms. The van der Waals surface area contributed by atoms with Gasteiger partial charge in [0.25, 0.3) is 5.91 Å². The van der Waals surface area contributed by atoms with Crippen molar-refractivity contribution in [2.75, 3.05) is 11.9 Å². The van der Waals surface area contributed by atoms with Crippen LogP contribution in [0.25, 0.3) is 0 Å². The van der Waals surface area contributed by atoms with Crippen molar-refractivity contribution in [3.8, 4) is 0 Å². The maximum Gasteiger partial charge on any atom is 0.255 e. The zero-order valence-electron chi connectivity index (χ0n) is 14.0. The standard InChI is InChI=1S/C20H18ClFN2O2/c1-2-19(25)24-11-3-4-18(24)13-5-7-14(8-6-13)20(26)23-17-10-9-15(21)12-16(17)22/h2,5-10,12,18H,1,3-4,11H2,(H,23,26). The summed E-state index contributed by atoms with van der Waals surface area (Å²) < 4.78 is 13.8. The predicted octanol–water partition coefficient (Wildman–Crippen LogP) is 4.58. The Balaban J connectivity index is 1.73. The summed E-state index contributed by atoms with van der Waals surface area (Å²) in [5.74, 6) is -1.09. The van der Waals surface area contributed by atoms with Gasteiger partial charge in [-0.05, 0) is 54.8 Å². The molecule has 4 nitrogen and oxygen atoms in total. The number of nitrogens with zero attached hydrogens (tertiary/aromatic N) is 1. The maximum absolute atomic E-state index is 13.8. The average molecular weight is 373 g/mol. The van der Waals surface area contributed by atoms with Gasteiger partial charge in [-0.25, -0.2) is 4.39 Å². The van der Waals surface area contributed by atoms with Crippen LogP contribution in [0, 0.1) is 5.82 Å². The van der Waals surface area contributed by atoms with Crippen molar-refractivity contribution in [2.24, 2.45) is 0 Å². The van der Waals surface area contributed by atoms with Crippen LogP contribution in [0.3, 0.4) is 0 Å². The first-order valence-corrected chi connectivity index (χ1v) is 8.67. The van der Waals surface area contributed by atoms with Gasteiger partial charge in [-0.15, -0.1) is 0 Å². The monoisotopic (exact) mass is 372 g/mol. The molecule has 3 rings (SSSR count). The van der Waals surface area contributed by atoms with Crippen molar-refractivity contribution in [1.82, 2.24) is 4.90 Å². The molecule has 0 spiro atoms. The molecule has 1 aliphatic rings. The van der Waals surface area contributed by atoms with Crippen LogP contribution in [0.4, 0.5) is 10.1 Å². The Bertz CT molecular complexity index is 851. The minimum atomic E-state index is -0.591. The number of likely N-dealkylation sites (tertiary alicyclic amines) is 1. The minimum Gasteiger partial charge on any atom is -0.332 e. The third kappa shape index (κ3) is 3.78. The molecule has 2 aromatic rings. The molecular weight excluding hydrogens is 355 g/mol. The van der Waals surface area contributed by atoms with Crippen molar-refractivity contribution >= 4 is 29.1 Å². The molecule has 26 heavy (non-hydrogen) atoms. The largest absolute Gasteiger partial charge is 0.332 e. The van der Waals surface area contributed by atoms with Gasteiger partial charge >= 0.3 is 0 Å². The summed E-state index contributed by atoms with van der Waals surface area (Å²) in [6.07, 6.45) is 3.13. The molecule has 1 atom stereocenters. The quantitative estimate of drug-likeness (QED) is 0.798. The Morgan fingerprint density at radius 1 is 1.23 bits per heavy atom. The predicted molar refractivity (Wildman–Crippen MR) is 99.7 cm³/mol. The van der Waals surface area contributed by atoms with Crippen LogP contribution in [0.2, 0.25) is 5.02 Å². The summed E-state index contributed by atoms with van der Waals surface area (Å²) in [6, 6.07) is 11.1. The highest BCUT2D eigenvalue weighted by Gasteiger charge is 2.28. The van der Waals surface area contributed by atoms with Crippen LogP contribution >= 0.6 is 11.6 Å². The third-order valence-electron chi connectivity index (χ3n) is 4.45. The van der Waals surface area contributed by atoms with Crippen LogP contribution in [0.1, 0.15) is 34.8 Å². The van der Waals surface area contributed by atoms with E-state index in [9.17, 15) is 14.0 Å². The van der Waals surface area contributed by atoms with E-state index < -0.39 is 11.7 Å². The van der Waals surface area contributed by atoms with Gasteiger partial charge in [0, 0.05) is 17.1 Å². The van der Waals surface area contributed by atoms with Crippen LogP contribution in [-0.2, 0) is 4.79 Å². The van der Waals surface area contributed by atoms with Crippen molar-refractivity contribution in [2.45, 2.75) is 18.9 Å². The second kappa shape index (κ2) is 7.70. The van der Waals surface area contributed by atoms with Gasteiger partial charge in [0.05, 0.1) is 11.7 Å². The second-order valence-electron chi connectivity index (χ2n) is 6.09. The zero-order valence-corrected chi connectivity index (χ0v) is 14.8. The molecular formula is C20H18ClFN2O2. The van der Waals surface area contributed by atoms with E-state index in [-0.39, 0.29) is 22.7 Å². The Labute approximate surface area is 156 Å². The fourth-order valence-corrected chi connectivity index (χ4v) is 3.30. The first-order valence-electron chi connectivity index (χ1n) is 8.29. The molecule has 2 amide bonds. The molecule has 1 unspecified atom stereocenters. The topological polar surface area (TPSA) is 49.4 Å². The normalized spacial score (nSPS) is 16.4. The van der Waals surface area contributed by atoms with Gasteiger partial charge < -0.3 is 10.2 Å². The first-order chi connectivity index (χ1) is 12.5. The number of hydrogen-bond acceptors (Lipinski definition) is 2. The molecule has 1 N–H and O–H groups in total. The molecule has 1 saturated heterocycles. The molecule has 6 heteroatoms. The van der Waals surface area contributed by atoms with Gasteiger partial charge in [-0.3, -0.25) is 9.59 Å². The third-order valence-corrected chi connectivity index (χ3v) is 4.68. The van der Waals surface area contributed by atoms with Gasteiger partial charge in [0.2, 0.25) is 5.91 Å². The van der Waals surface area contributed by atoms with E-state index in [1.54, 1.807) is 17.0 Å². The van der Waals surface area contributed by atoms with E-state index in [2.05, 4.69) is 11.9 Å². The molecule has 1 aliphatic heterocycles. The summed E-state index contributed by atoms with van der Waals surface area (Å²) in [5.41, 5.74) is 1.44. The number of anilines is 1. The molecule has 1 fully saturated rings. The van der Waals surface area contributed by atoms with Crippen molar-refractivity contribution < 1.29 is 14.0 Å². The van der Waals surface area contributed by atoms with Crippen molar-refractivity contribution in [1.29, 1.82) is 0 Å². The lowest BCUT2D eigenvalue weighted by molar-refractivity contribution is -0.126. The molecule has 2 aromatic carbocycles. The highest BCUT2D eigenvalue weighted by atomic mass is 35.5. The number of rotatable bonds is 4. The number of carbonyl (C=O) groups is 2. The lowest BCUT2D eigenvalue weighted by Gasteiger charge is -2.23. The summed E-state index contributed by atoms with van der Waals surface area (Å²) in [5, 5.41) is 2.79. The lowest BCUT2D eigenvalue weighted by atomic mass is 10.0. The number of halogens is 2. The van der Waals surface area contributed by atoms with Crippen LogP contribution < -0.4 is 5.32 Å². The Morgan fingerprint density at radius 3 is 2.62 bits per heavy atom. The Hall–Kier alpha value is -2.66. The highest BCUT2D eigenvalue weighted by molar-refractivity contribution is 6.30. The molecule has 0 aromatic heterocycles. The van der Waals surface area contributed by atoms with E-state index in [1.807, 2.05) is 12.1 Å². The van der Waals surface area contributed by atoms with Crippen LogP contribution in [-0.4, -0.2) is 23.3 Å². The Morgan fingerprint density at radius 2 is 1.96 bits per heavy atom. The molecule has 134 valence electrons. The number of benzene rings is 2. The second-order valence-corrected chi connectivity index (χ2v) is 6.53. The van der Waals surface area contributed by atoms with E-state index in [4.69, 9.17) is 11.6 Å². The average Bonchev–Trinajstić information content (AvgIpc) is 3.13. The molecule has 0 saturated carbocycles. The van der Waals surface area contributed by atoms with Gasteiger partial charge in [-0.1, -0.05) is 30.3 Å². The van der Waals surface area contributed by atoms with Crippen LogP contribution in [0.15, 0.2) is 55.1 Å². The first kappa shape index (κ1) is 18.1. The van der Waals surface area contributed by atoms with Gasteiger partial charge in [0.1, 0.15) is 5.82 Å². The molecule has 0 aliphatic carbocycles. The van der Waals surface area contributed by atoms with Gasteiger partial charge in [-0.2, -0.15) is 0 Å². The van der Waals surface area contributed by atoms with E-state index >= 15 is 0 Å². The number of nitrogens with one attached hydrogen (secondary N) is 1. The summed E-state index contributed by atoms with van der Waals surface area (Å²) in [7, 11) is 0. The fraction of sp³-hybridized carbons (Fsp3) is 0.200. The van der Waals surface area contributed by atoms with Crippen molar-refractivity contribution in [3.63, 3.8) is 0 Å². The minimum absolute atomic E-state index is 0.00804. The smallest absolute Gasteiger partial charge is 0.255 e. The lowest BCUT2D eigenvalue weighted by Crippen LogP contribution is -2.28. The van der Waals surface area contributed by atoms with E-state index in [0.717, 1.165) is 24.5 Å². The summed E-state index contributed by atoms with van der Waals surface area (Å²) in [6.45, 7) is 4.24. The zero-order chi connectivity index (χ0) is 18.7. The molecule has 0 radical (unpaired) electrons. The van der Waals surface area contributed by atoms with E-state index in [0.29, 0.717) is 12.1 Å². The summed E-state index contributed by atoms with van der Waals surface area (Å²) >= 11 is 5.71.